The summed E-state index contributed by atoms with van der Waals surface area (Å²) >= 11 is 0.815. The number of hydrogen-bond acceptors (Lipinski definition) is 7. The lowest BCUT2D eigenvalue weighted by Gasteiger charge is -2.14. The molecule has 2 atom stereocenters. The van der Waals surface area contributed by atoms with E-state index in [2.05, 4.69) is 4.98 Å². The van der Waals surface area contributed by atoms with Gasteiger partial charge in [-0.05, 0) is 6.42 Å². The summed E-state index contributed by atoms with van der Waals surface area (Å²) in [5.41, 5.74) is 0.0696. The number of carbonyl (C=O) groups excluding carboxylic acids is 1. The minimum Gasteiger partial charge on any atom is -0.542 e. The Bertz CT molecular complexity index is 340. The van der Waals surface area contributed by atoms with Gasteiger partial charge in [0.15, 0.2) is 0 Å². The lowest BCUT2D eigenvalue weighted by Crippen LogP contribution is -2.23. The van der Waals surface area contributed by atoms with E-state index in [-0.39, 0.29) is 23.7 Å². The number of aromatic carboxylic acids is 1. The molecule has 1 aromatic heterocycles. The highest BCUT2D eigenvalue weighted by Crippen LogP contribution is 2.20. The fourth-order valence-corrected chi connectivity index (χ4v) is 1.68. The molecule has 0 aromatic carbocycles. The average Bonchev–Trinajstić information content (AvgIpc) is 2.65. The lowest BCUT2D eigenvalue weighted by atomic mass is 10.1. The summed E-state index contributed by atoms with van der Waals surface area (Å²) in [4.78, 5) is 14.0. The van der Waals surface area contributed by atoms with E-state index >= 15 is 0 Å². The maximum Gasteiger partial charge on any atom is 0.139 e. The number of aliphatic hydroxyl groups is 3. The molecule has 2 unspecified atom stereocenters. The molecule has 0 bridgehead atoms. The van der Waals surface area contributed by atoms with E-state index in [4.69, 9.17) is 5.11 Å². The van der Waals surface area contributed by atoms with Crippen molar-refractivity contribution in [2.45, 2.75) is 18.6 Å². The zero-order chi connectivity index (χ0) is 11.4. The van der Waals surface area contributed by atoms with Crippen LogP contribution in [0, 0.1) is 0 Å². The smallest absolute Gasteiger partial charge is 0.139 e. The van der Waals surface area contributed by atoms with E-state index in [9.17, 15) is 20.1 Å². The fourth-order valence-electron chi connectivity index (χ4n) is 1.00. The molecule has 1 rings (SSSR count). The second kappa shape index (κ2) is 5.17. The van der Waals surface area contributed by atoms with Crippen molar-refractivity contribution >= 4 is 17.3 Å². The quantitative estimate of drug-likeness (QED) is 0.556. The van der Waals surface area contributed by atoms with Gasteiger partial charge in [0.1, 0.15) is 17.1 Å². The van der Waals surface area contributed by atoms with E-state index in [1.54, 1.807) is 0 Å². The summed E-state index contributed by atoms with van der Waals surface area (Å²) in [6.07, 6.45) is -2.45. The Hall–Kier alpha value is -1.02. The van der Waals surface area contributed by atoms with E-state index in [1.165, 1.54) is 5.38 Å². The molecule has 84 valence electrons. The zero-order valence-corrected chi connectivity index (χ0v) is 8.48. The van der Waals surface area contributed by atoms with Gasteiger partial charge >= 0.3 is 0 Å². The van der Waals surface area contributed by atoms with E-state index in [1.807, 2.05) is 0 Å². The minimum absolute atomic E-state index is 0.000647. The first-order valence-corrected chi connectivity index (χ1v) is 5.08. The lowest BCUT2D eigenvalue weighted by molar-refractivity contribution is -0.255. The van der Waals surface area contributed by atoms with Gasteiger partial charge in [-0.15, -0.1) is 11.3 Å². The molecule has 15 heavy (non-hydrogen) atoms. The van der Waals surface area contributed by atoms with Crippen LogP contribution in [-0.2, 0) is 0 Å². The Morgan fingerprint density at radius 3 is 2.73 bits per heavy atom. The number of carbonyl (C=O) groups is 1. The molecule has 0 aliphatic heterocycles. The van der Waals surface area contributed by atoms with E-state index < -0.39 is 18.2 Å². The highest BCUT2D eigenvalue weighted by atomic mass is 32.1. The third-order valence-electron chi connectivity index (χ3n) is 1.79. The Kier molecular flexibility index (Phi) is 4.15. The van der Waals surface area contributed by atoms with Crippen LogP contribution in [0.25, 0.3) is 0 Å². The highest BCUT2D eigenvalue weighted by Gasteiger charge is 2.20. The van der Waals surface area contributed by atoms with Crippen molar-refractivity contribution in [2.75, 3.05) is 6.61 Å². The third kappa shape index (κ3) is 2.96. The molecule has 3 N–H and O–H groups in total. The predicted molar refractivity (Wildman–Crippen MR) is 49.1 cm³/mol. The third-order valence-corrected chi connectivity index (χ3v) is 2.63. The van der Waals surface area contributed by atoms with Crippen LogP contribution >= 0.6 is 11.3 Å². The molecule has 6 nitrogen and oxygen atoms in total. The van der Waals surface area contributed by atoms with Crippen molar-refractivity contribution in [2.24, 2.45) is 0 Å². The number of nitrogens with zero attached hydrogens (tertiary/aromatic N) is 1. The Labute approximate surface area is 89.5 Å². The van der Waals surface area contributed by atoms with Crippen LogP contribution in [-0.4, -0.2) is 39.0 Å². The summed E-state index contributed by atoms with van der Waals surface area (Å²) < 4.78 is 0. The number of carboxylic acid groups (broad SMARTS) is 1. The molecule has 0 radical (unpaired) electrons. The van der Waals surface area contributed by atoms with Crippen LogP contribution < -0.4 is 5.11 Å². The van der Waals surface area contributed by atoms with Crippen LogP contribution in [0.5, 0.6) is 0 Å². The van der Waals surface area contributed by atoms with Crippen molar-refractivity contribution in [1.82, 2.24) is 4.98 Å². The first-order chi connectivity index (χ1) is 7.06. The highest BCUT2D eigenvalue weighted by molar-refractivity contribution is 7.11. The molecule has 0 saturated carbocycles. The van der Waals surface area contributed by atoms with Gasteiger partial charge < -0.3 is 25.2 Å². The molecule has 1 aromatic rings. The molecule has 7 heteroatoms. The van der Waals surface area contributed by atoms with Crippen molar-refractivity contribution in [3.05, 3.63) is 16.1 Å². The maximum atomic E-state index is 10.4. The SMILES string of the molecule is O=C([O-])c1nc(C(O)C(O)CCO)cs1. The summed E-state index contributed by atoms with van der Waals surface area (Å²) in [5, 5.41) is 38.8. The monoisotopic (exact) mass is 232 g/mol. The molecular weight excluding hydrogens is 222 g/mol. The van der Waals surface area contributed by atoms with Gasteiger partial charge in [0, 0.05) is 12.0 Å². The molecule has 0 aliphatic rings. The van der Waals surface area contributed by atoms with Gasteiger partial charge in [0.05, 0.1) is 11.8 Å². The molecule has 0 fully saturated rings. The Morgan fingerprint density at radius 2 is 2.27 bits per heavy atom. The maximum absolute atomic E-state index is 10.4. The largest absolute Gasteiger partial charge is 0.542 e. The number of thiazole rings is 1. The Balaban J connectivity index is 2.73. The number of aliphatic hydroxyl groups excluding tert-OH is 3. The molecule has 0 spiro atoms. The zero-order valence-electron chi connectivity index (χ0n) is 7.66. The average molecular weight is 232 g/mol. The van der Waals surface area contributed by atoms with Gasteiger partial charge in [-0.25, -0.2) is 4.98 Å². The topological polar surface area (TPSA) is 114 Å². The molecule has 0 aliphatic carbocycles. The first kappa shape index (κ1) is 12.1. The second-order valence-corrected chi connectivity index (χ2v) is 3.75. The second-order valence-electron chi connectivity index (χ2n) is 2.89. The van der Waals surface area contributed by atoms with Crippen LogP contribution in [0.2, 0.25) is 0 Å². The number of aromatic nitrogens is 1. The molecule has 0 saturated heterocycles. The number of carboxylic acids is 1. The predicted octanol–water partition coefficient (Wildman–Crippen LogP) is -1.72. The van der Waals surface area contributed by atoms with Gasteiger partial charge in [-0.3, -0.25) is 0 Å². The standard InChI is InChI=1S/C8H11NO5S/c10-2-1-5(11)6(12)4-3-15-7(9-4)8(13)14/h3,5-6,10-12H,1-2H2,(H,13,14)/p-1. The van der Waals surface area contributed by atoms with Gasteiger partial charge in [-0.2, -0.15) is 0 Å². The fraction of sp³-hybridized carbons (Fsp3) is 0.500. The number of rotatable bonds is 5. The van der Waals surface area contributed by atoms with Crippen molar-refractivity contribution in [3.63, 3.8) is 0 Å². The van der Waals surface area contributed by atoms with Crippen LogP contribution in [0.1, 0.15) is 28.0 Å². The number of hydrogen-bond donors (Lipinski definition) is 3. The van der Waals surface area contributed by atoms with Gasteiger partial charge in [0.25, 0.3) is 0 Å². The van der Waals surface area contributed by atoms with Crippen molar-refractivity contribution < 1.29 is 25.2 Å². The summed E-state index contributed by atoms with van der Waals surface area (Å²) in [5.74, 6) is -1.42. The van der Waals surface area contributed by atoms with E-state index in [0.717, 1.165) is 11.3 Å². The summed E-state index contributed by atoms with van der Waals surface area (Å²) in [6, 6.07) is 0. The Morgan fingerprint density at radius 1 is 1.60 bits per heavy atom. The summed E-state index contributed by atoms with van der Waals surface area (Å²) in [6.45, 7) is -0.268. The molecular formula is C8H10NO5S-. The van der Waals surface area contributed by atoms with Gasteiger partial charge in [0.2, 0.25) is 0 Å². The summed E-state index contributed by atoms with van der Waals surface area (Å²) in [7, 11) is 0. The van der Waals surface area contributed by atoms with Crippen LogP contribution in [0.3, 0.4) is 0 Å². The van der Waals surface area contributed by atoms with Crippen molar-refractivity contribution in [3.8, 4) is 0 Å². The first-order valence-electron chi connectivity index (χ1n) is 4.20. The minimum atomic E-state index is -1.42. The van der Waals surface area contributed by atoms with Gasteiger partial charge in [-0.1, -0.05) is 0 Å². The van der Waals surface area contributed by atoms with E-state index in [0.29, 0.717) is 0 Å². The van der Waals surface area contributed by atoms with Crippen LogP contribution in [0.4, 0.5) is 0 Å². The molecule has 0 amide bonds. The molecule has 1 heterocycles. The normalized spacial score (nSPS) is 14.9. The van der Waals surface area contributed by atoms with Crippen molar-refractivity contribution in [1.29, 1.82) is 0 Å². The van der Waals surface area contributed by atoms with Crippen LogP contribution in [0.15, 0.2) is 5.38 Å².